The van der Waals surface area contributed by atoms with Crippen molar-refractivity contribution in [1.82, 2.24) is 29.0 Å². The molecule has 3 N–H and O–H groups in total. The molecular weight excluding hydrogens is 432 g/mol. The predicted octanol–water partition coefficient (Wildman–Crippen LogP) is -1.93. The first kappa shape index (κ1) is 22.8. The van der Waals surface area contributed by atoms with Gasteiger partial charge in [0.25, 0.3) is 5.56 Å². The molecule has 4 heterocycles. The maximum atomic E-state index is 12.3. The summed E-state index contributed by atoms with van der Waals surface area (Å²) in [5, 5.41) is 23.9. The number of pyridine rings is 1. The van der Waals surface area contributed by atoms with Gasteiger partial charge in [-0.3, -0.25) is 23.7 Å². The highest BCUT2D eigenvalue weighted by Gasteiger charge is 2.39. The highest BCUT2D eigenvalue weighted by Crippen LogP contribution is 2.19. The average molecular weight is 458 g/mol. The smallest absolute Gasteiger partial charge is 0.332 e. The van der Waals surface area contributed by atoms with Crippen molar-refractivity contribution < 1.29 is 19.7 Å². The van der Waals surface area contributed by atoms with Crippen molar-refractivity contribution >= 4 is 17.1 Å². The highest BCUT2D eigenvalue weighted by molar-refractivity contribution is 5.76. The summed E-state index contributed by atoms with van der Waals surface area (Å²) < 4.78 is 9.52. The molecule has 33 heavy (non-hydrogen) atoms. The molecule has 0 bridgehead atoms. The van der Waals surface area contributed by atoms with Crippen LogP contribution < -0.4 is 16.6 Å². The second-order valence-electron chi connectivity index (χ2n) is 8.16. The van der Waals surface area contributed by atoms with Gasteiger partial charge in [0.15, 0.2) is 5.52 Å². The van der Waals surface area contributed by atoms with Gasteiger partial charge in [-0.2, -0.15) is 0 Å². The Hall–Kier alpha value is -3.35. The zero-order chi connectivity index (χ0) is 23.7. The van der Waals surface area contributed by atoms with Crippen LogP contribution in [0.3, 0.4) is 0 Å². The largest absolute Gasteiger partial charge is 0.388 e. The Kier molecular flexibility index (Phi) is 6.40. The molecule has 1 amide bonds. The Bertz CT molecular complexity index is 1270. The van der Waals surface area contributed by atoms with Crippen molar-refractivity contribution in [2.75, 3.05) is 6.61 Å². The number of amides is 1. The number of carbonyl (C=O) groups is 1. The van der Waals surface area contributed by atoms with E-state index in [-0.39, 0.29) is 31.0 Å². The summed E-state index contributed by atoms with van der Waals surface area (Å²) >= 11 is 0. The number of hydrogen-bond donors (Lipinski definition) is 3. The number of aryl methyl sites for hydroxylation is 2. The normalized spacial score (nSPS) is 23.0. The predicted molar refractivity (Wildman–Crippen MR) is 116 cm³/mol. The molecule has 3 aromatic heterocycles. The van der Waals surface area contributed by atoms with Gasteiger partial charge in [-0.05, 0) is 18.1 Å². The summed E-state index contributed by atoms with van der Waals surface area (Å²) in [6.45, 7) is 0.0473. The molecule has 1 aliphatic rings. The minimum atomic E-state index is -1.30. The van der Waals surface area contributed by atoms with Crippen LogP contribution in [0.1, 0.15) is 12.0 Å². The fourth-order valence-electron chi connectivity index (χ4n) is 4.02. The molecule has 0 radical (unpaired) electrons. The molecule has 176 valence electrons. The minimum absolute atomic E-state index is 0.00511. The lowest BCUT2D eigenvalue weighted by molar-refractivity contribution is -0.158. The third-order valence-corrected chi connectivity index (χ3v) is 5.93. The first-order valence-corrected chi connectivity index (χ1v) is 10.5. The van der Waals surface area contributed by atoms with Crippen LogP contribution in [-0.4, -0.2) is 70.8 Å². The Morgan fingerprint density at radius 3 is 2.76 bits per heavy atom. The molecule has 4 atom stereocenters. The topological polar surface area (TPSA) is 154 Å². The number of ether oxygens (including phenoxy) is 1. The standard InChI is InChI=1S/C21H26N6O6/c1-25-19-16(20(31)26(2)21(25)32)23-11-27(19)9-14-18(30)17(29)13(10-33-14)24-15(28)6-5-12-4-3-7-22-8-12/h3-4,7-8,11,13-14,17-18,29-30H,5-6,9-10H2,1-2H3,(H,24,28)/t13-,14-,17+,18-/m1/s1. The number of imidazole rings is 1. The average Bonchev–Trinajstić information content (AvgIpc) is 3.24. The molecule has 12 heteroatoms. The van der Waals surface area contributed by atoms with Crippen LogP contribution in [-0.2, 0) is 36.6 Å². The number of rotatable bonds is 6. The third kappa shape index (κ3) is 4.45. The molecular formula is C21H26N6O6. The second-order valence-corrected chi connectivity index (χ2v) is 8.16. The molecule has 1 aliphatic heterocycles. The van der Waals surface area contributed by atoms with Crippen molar-refractivity contribution in [3.05, 3.63) is 57.3 Å². The fourth-order valence-corrected chi connectivity index (χ4v) is 4.02. The lowest BCUT2D eigenvalue weighted by Gasteiger charge is -2.38. The zero-order valence-electron chi connectivity index (χ0n) is 18.3. The molecule has 0 spiro atoms. The molecule has 1 saturated heterocycles. The summed E-state index contributed by atoms with van der Waals surface area (Å²) in [5.41, 5.74) is 0.299. The van der Waals surface area contributed by atoms with E-state index < -0.39 is 35.6 Å². The third-order valence-electron chi connectivity index (χ3n) is 5.93. The SMILES string of the molecule is Cn1c(=O)c2ncn(C[C@H]3OC[C@@H](NC(=O)CCc4cccnc4)[C@H](O)[C@@H]3O)c2n(C)c1=O. The van der Waals surface area contributed by atoms with E-state index in [1.54, 1.807) is 18.5 Å². The van der Waals surface area contributed by atoms with Gasteiger partial charge >= 0.3 is 5.69 Å². The van der Waals surface area contributed by atoms with Crippen LogP contribution in [0.25, 0.3) is 11.2 Å². The Labute approximate surface area is 188 Å². The summed E-state index contributed by atoms with van der Waals surface area (Å²) in [4.78, 5) is 45.0. The molecule has 0 aromatic carbocycles. The van der Waals surface area contributed by atoms with Crippen molar-refractivity contribution in [2.45, 2.75) is 43.7 Å². The van der Waals surface area contributed by atoms with Gasteiger partial charge in [-0.25, -0.2) is 9.78 Å². The van der Waals surface area contributed by atoms with Crippen LogP contribution in [0.5, 0.6) is 0 Å². The van der Waals surface area contributed by atoms with Gasteiger partial charge in [0.05, 0.1) is 25.5 Å². The van der Waals surface area contributed by atoms with E-state index in [1.807, 2.05) is 6.07 Å². The van der Waals surface area contributed by atoms with Crippen molar-refractivity contribution in [3.8, 4) is 0 Å². The van der Waals surface area contributed by atoms with E-state index in [1.165, 1.54) is 29.6 Å². The lowest BCUT2D eigenvalue weighted by atomic mass is 9.97. The number of carbonyl (C=O) groups excluding carboxylic acids is 1. The summed E-state index contributed by atoms with van der Waals surface area (Å²) in [5.74, 6) is -0.274. The number of aliphatic hydroxyl groups is 2. The first-order chi connectivity index (χ1) is 15.8. The van der Waals surface area contributed by atoms with Gasteiger partial charge in [-0.1, -0.05) is 6.07 Å². The van der Waals surface area contributed by atoms with Crippen molar-refractivity contribution in [3.63, 3.8) is 0 Å². The minimum Gasteiger partial charge on any atom is -0.388 e. The maximum Gasteiger partial charge on any atom is 0.332 e. The number of fused-ring (bicyclic) bond motifs is 1. The zero-order valence-corrected chi connectivity index (χ0v) is 18.3. The number of aromatic nitrogens is 5. The maximum absolute atomic E-state index is 12.3. The van der Waals surface area contributed by atoms with Gasteiger partial charge in [0.2, 0.25) is 5.91 Å². The van der Waals surface area contributed by atoms with E-state index in [9.17, 15) is 24.6 Å². The molecule has 0 aliphatic carbocycles. The lowest BCUT2D eigenvalue weighted by Crippen LogP contribution is -2.60. The molecule has 3 aromatic rings. The van der Waals surface area contributed by atoms with E-state index in [0.29, 0.717) is 12.1 Å². The summed E-state index contributed by atoms with van der Waals surface area (Å²) in [6.07, 6.45) is 2.05. The van der Waals surface area contributed by atoms with Crippen LogP contribution in [0.15, 0.2) is 40.4 Å². The van der Waals surface area contributed by atoms with E-state index in [2.05, 4.69) is 15.3 Å². The summed E-state index contributed by atoms with van der Waals surface area (Å²) in [6, 6.07) is 2.90. The number of nitrogens with zero attached hydrogens (tertiary/aromatic N) is 5. The number of aliphatic hydroxyl groups excluding tert-OH is 2. The van der Waals surface area contributed by atoms with E-state index in [4.69, 9.17) is 4.74 Å². The van der Waals surface area contributed by atoms with E-state index >= 15 is 0 Å². The highest BCUT2D eigenvalue weighted by atomic mass is 16.5. The van der Waals surface area contributed by atoms with Gasteiger partial charge in [0, 0.05) is 32.9 Å². The number of hydrogen-bond acceptors (Lipinski definition) is 8. The Balaban J connectivity index is 1.41. The molecule has 1 fully saturated rings. The number of nitrogens with one attached hydrogen (secondary N) is 1. The van der Waals surface area contributed by atoms with Gasteiger partial charge in [0.1, 0.15) is 24.0 Å². The van der Waals surface area contributed by atoms with Gasteiger partial charge in [-0.15, -0.1) is 0 Å². The molecule has 4 rings (SSSR count). The molecule has 0 unspecified atom stereocenters. The van der Waals surface area contributed by atoms with Crippen molar-refractivity contribution in [1.29, 1.82) is 0 Å². The summed E-state index contributed by atoms with van der Waals surface area (Å²) in [7, 11) is 2.89. The van der Waals surface area contributed by atoms with Crippen LogP contribution in [0.2, 0.25) is 0 Å². The molecule has 12 nitrogen and oxygen atoms in total. The first-order valence-electron chi connectivity index (χ1n) is 10.5. The quantitative estimate of drug-likeness (QED) is 0.386. The van der Waals surface area contributed by atoms with Crippen LogP contribution in [0, 0.1) is 0 Å². The van der Waals surface area contributed by atoms with Crippen LogP contribution in [0.4, 0.5) is 0 Å². The second kappa shape index (κ2) is 9.25. The van der Waals surface area contributed by atoms with Crippen LogP contribution >= 0.6 is 0 Å². The Morgan fingerprint density at radius 1 is 1.24 bits per heavy atom. The van der Waals surface area contributed by atoms with Crippen molar-refractivity contribution in [2.24, 2.45) is 14.1 Å². The Morgan fingerprint density at radius 2 is 2.03 bits per heavy atom. The fraction of sp³-hybridized carbons (Fsp3) is 0.476. The monoisotopic (exact) mass is 458 g/mol. The van der Waals surface area contributed by atoms with E-state index in [0.717, 1.165) is 10.1 Å². The molecule has 0 saturated carbocycles. The van der Waals surface area contributed by atoms with Gasteiger partial charge < -0.3 is 24.8 Å².